The lowest BCUT2D eigenvalue weighted by Gasteiger charge is -1.94. The zero-order chi connectivity index (χ0) is 7.84. The molecule has 2 heterocycles. The summed E-state index contributed by atoms with van der Waals surface area (Å²) in [6.07, 6.45) is 2.98. The predicted octanol–water partition coefficient (Wildman–Crippen LogP) is -0.572. The van der Waals surface area contributed by atoms with Crippen molar-refractivity contribution in [1.82, 2.24) is 19.4 Å². The first-order valence-electron chi connectivity index (χ1n) is 3.15. The van der Waals surface area contributed by atoms with Gasteiger partial charge in [-0.1, -0.05) is 0 Å². The number of rotatable bonds is 0. The third-order valence-electron chi connectivity index (χ3n) is 1.50. The van der Waals surface area contributed by atoms with Crippen molar-refractivity contribution in [3.63, 3.8) is 0 Å². The maximum absolute atomic E-state index is 11.3. The Morgan fingerprint density at radius 1 is 1.45 bits per heavy atom. The number of hydrogen-bond donors (Lipinski definition) is 0. The van der Waals surface area contributed by atoms with Crippen molar-refractivity contribution in [2.24, 2.45) is 7.05 Å². The van der Waals surface area contributed by atoms with E-state index >= 15 is 0 Å². The van der Waals surface area contributed by atoms with E-state index in [-0.39, 0.29) is 5.56 Å². The first-order valence-corrected chi connectivity index (χ1v) is 3.15. The van der Waals surface area contributed by atoms with Crippen LogP contribution >= 0.6 is 0 Å². The second-order valence-electron chi connectivity index (χ2n) is 2.25. The molecule has 0 bridgehead atoms. The molecule has 0 aliphatic rings. The molecule has 0 saturated heterocycles. The number of fused-ring (bicyclic) bond motifs is 1. The monoisotopic (exact) mass is 150 g/mol. The van der Waals surface area contributed by atoms with E-state index in [4.69, 9.17) is 0 Å². The Hall–Kier alpha value is -1.65. The molecule has 0 fully saturated rings. The average molecular weight is 150 g/mol. The second kappa shape index (κ2) is 1.91. The first kappa shape index (κ1) is 6.09. The second-order valence-corrected chi connectivity index (χ2v) is 2.25. The molecule has 0 amide bonds. The smallest absolute Gasteiger partial charge is 0.279 e. The maximum Gasteiger partial charge on any atom is 0.279 e. The highest BCUT2D eigenvalue weighted by Crippen LogP contribution is 1.88. The van der Waals surface area contributed by atoms with E-state index in [1.54, 1.807) is 19.3 Å². The van der Waals surface area contributed by atoms with Crippen LogP contribution in [0.1, 0.15) is 0 Å². The van der Waals surface area contributed by atoms with Gasteiger partial charge in [0.05, 0.1) is 6.20 Å². The fourth-order valence-electron chi connectivity index (χ4n) is 0.904. The van der Waals surface area contributed by atoms with Crippen LogP contribution in [0.15, 0.2) is 23.4 Å². The van der Waals surface area contributed by atoms with Gasteiger partial charge < -0.3 is 0 Å². The number of hydrogen-bond acceptors (Lipinski definition) is 3. The lowest BCUT2D eigenvalue weighted by Crippen LogP contribution is -2.19. The Kier molecular flexibility index (Phi) is 1.06. The molecular weight excluding hydrogens is 144 g/mol. The van der Waals surface area contributed by atoms with Gasteiger partial charge in [0.25, 0.3) is 5.56 Å². The van der Waals surface area contributed by atoms with E-state index in [1.807, 2.05) is 0 Å². The minimum absolute atomic E-state index is 0.0856. The molecule has 0 atom stereocenters. The third kappa shape index (κ3) is 0.739. The van der Waals surface area contributed by atoms with Crippen LogP contribution in [0.2, 0.25) is 0 Å². The van der Waals surface area contributed by atoms with E-state index < -0.39 is 0 Å². The van der Waals surface area contributed by atoms with Crippen molar-refractivity contribution in [3.05, 3.63) is 28.9 Å². The van der Waals surface area contributed by atoms with Gasteiger partial charge in [0, 0.05) is 7.05 Å². The number of aryl methyl sites for hydroxylation is 1. The van der Waals surface area contributed by atoms with Crippen LogP contribution in [0.5, 0.6) is 0 Å². The zero-order valence-electron chi connectivity index (χ0n) is 5.93. The quantitative estimate of drug-likeness (QED) is 0.505. The molecule has 0 aliphatic carbocycles. The topological polar surface area (TPSA) is 52.2 Å². The maximum atomic E-state index is 11.3. The van der Waals surface area contributed by atoms with Gasteiger partial charge in [-0.15, -0.1) is 9.73 Å². The summed E-state index contributed by atoms with van der Waals surface area (Å²) >= 11 is 0. The highest BCUT2D eigenvalue weighted by Gasteiger charge is 1.99. The third-order valence-corrected chi connectivity index (χ3v) is 1.50. The zero-order valence-corrected chi connectivity index (χ0v) is 5.93. The van der Waals surface area contributed by atoms with Gasteiger partial charge >= 0.3 is 0 Å². The summed E-state index contributed by atoms with van der Waals surface area (Å²) in [5, 5.41) is 7.68. The molecule has 11 heavy (non-hydrogen) atoms. The Labute approximate surface area is 61.9 Å². The summed E-state index contributed by atoms with van der Waals surface area (Å²) in [6, 6.07) is 1.63. The predicted molar refractivity (Wildman–Crippen MR) is 38.2 cm³/mol. The normalized spacial score (nSPS) is 10.6. The molecule has 56 valence electrons. The minimum atomic E-state index is -0.0856. The molecule has 0 spiro atoms. The van der Waals surface area contributed by atoms with Crippen LogP contribution in [0.25, 0.3) is 5.52 Å². The van der Waals surface area contributed by atoms with Gasteiger partial charge in [0.1, 0.15) is 6.33 Å². The number of nitrogens with zero attached hydrogens (tertiary/aromatic N) is 4. The van der Waals surface area contributed by atoms with Crippen LogP contribution in [0.3, 0.4) is 0 Å². The van der Waals surface area contributed by atoms with Gasteiger partial charge in [0.15, 0.2) is 5.52 Å². The van der Waals surface area contributed by atoms with E-state index in [9.17, 15) is 4.79 Å². The lowest BCUT2D eigenvalue weighted by atomic mass is 10.5. The fourth-order valence-corrected chi connectivity index (χ4v) is 0.904. The summed E-state index contributed by atoms with van der Waals surface area (Å²) in [5.41, 5.74) is 0.410. The van der Waals surface area contributed by atoms with Crippen molar-refractivity contribution in [2.45, 2.75) is 0 Å². The molecular formula is C6H6N4O. The molecule has 2 aromatic heterocycles. The summed E-state index contributed by atoms with van der Waals surface area (Å²) in [5.74, 6) is 0. The van der Waals surface area contributed by atoms with E-state index in [0.29, 0.717) is 5.52 Å². The molecule has 0 unspecified atom stereocenters. The Balaban J connectivity index is 3.05. The van der Waals surface area contributed by atoms with Gasteiger partial charge in [0.2, 0.25) is 0 Å². The van der Waals surface area contributed by atoms with Crippen molar-refractivity contribution < 1.29 is 0 Å². The molecule has 5 nitrogen and oxygen atoms in total. The molecule has 0 aromatic carbocycles. The highest BCUT2D eigenvalue weighted by molar-refractivity contribution is 5.40. The molecule has 0 saturated carbocycles. The number of aromatic nitrogens is 4. The van der Waals surface area contributed by atoms with E-state index in [0.717, 1.165) is 0 Å². The van der Waals surface area contributed by atoms with Crippen LogP contribution in [0.4, 0.5) is 0 Å². The summed E-state index contributed by atoms with van der Waals surface area (Å²) in [6.45, 7) is 0. The van der Waals surface area contributed by atoms with Crippen molar-refractivity contribution in [3.8, 4) is 0 Å². The van der Waals surface area contributed by atoms with Crippen LogP contribution in [0, 0.1) is 0 Å². The first-order chi connectivity index (χ1) is 5.29. The standard InChI is InChI=1S/C6H6N4O/c1-9-4-8-10-5(6(9)11)2-3-7-10/h2-4H,1H3. The van der Waals surface area contributed by atoms with Gasteiger partial charge in [-0.2, -0.15) is 5.10 Å². The van der Waals surface area contributed by atoms with Gasteiger partial charge in [-0.3, -0.25) is 9.36 Å². The highest BCUT2D eigenvalue weighted by atomic mass is 16.1. The van der Waals surface area contributed by atoms with Crippen LogP contribution in [-0.2, 0) is 7.05 Å². The lowest BCUT2D eigenvalue weighted by molar-refractivity contribution is 0.711. The van der Waals surface area contributed by atoms with Gasteiger partial charge in [-0.25, -0.2) is 0 Å². The average Bonchev–Trinajstić information content (AvgIpc) is 2.45. The Morgan fingerprint density at radius 3 is 3.09 bits per heavy atom. The van der Waals surface area contributed by atoms with Gasteiger partial charge in [-0.05, 0) is 6.07 Å². The molecule has 0 aliphatic heterocycles. The summed E-state index contributed by atoms with van der Waals surface area (Å²) < 4.78 is 2.72. The molecule has 0 N–H and O–H groups in total. The van der Waals surface area contributed by atoms with Crippen molar-refractivity contribution >= 4 is 5.52 Å². The summed E-state index contributed by atoms with van der Waals surface area (Å²) in [4.78, 5) is 11.3. The largest absolute Gasteiger partial charge is 0.299 e. The Morgan fingerprint density at radius 2 is 2.27 bits per heavy atom. The SMILES string of the molecule is Cn1cnn2nccc2c1=O. The van der Waals surface area contributed by atoms with Crippen LogP contribution < -0.4 is 5.56 Å². The molecule has 5 heteroatoms. The van der Waals surface area contributed by atoms with Crippen LogP contribution in [-0.4, -0.2) is 19.4 Å². The molecule has 0 radical (unpaired) electrons. The van der Waals surface area contributed by atoms with Crippen molar-refractivity contribution in [2.75, 3.05) is 0 Å². The summed E-state index contributed by atoms with van der Waals surface area (Å²) in [7, 11) is 1.66. The van der Waals surface area contributed by atoms with E-state index in [1.165, 1.54) is 15.5 Å². The fraction of sp³-hybridized carbons (Fsp3) is 0.167. The van der Waals surface area contributed by atoms with Crippen molar-refractivity contribution in [1.29, 1.82) is 0 Å². The molecule has 2 aromatic rings. The molecule has 2 rings (SSSR count). The van der Waals surface area contributed by atoms with E-state index in [2.05, 4.69) is 10.2 Å². The minimum Gasteiger partial charge on any atom is -0.299 e. The Bertz CT molecular complexity index is 441.